The Balaban J connectivity index is 1.32. The van der Waals surface area contributed by atoms with Crippen molar-refractivity contribution in [2.75, 3.05) is 5.32 Å². The minimum Gasteiger partial charge on any atom is -0.367 e. The van der Waals surface area contributed by atoms with Gasteiger partial charge in [0.05, 0.1) is 10.6 Å². The molecule has 1 aliphatic carbocycles. The summed E-state index contributed by atoms with van der Waals surface area (Å²) in [4.78, 5) is 20.0. The van der Waals surface area contributed by atoms with E-state index in [-0.39, 0.29) is 0 Å². The molecule has 1 aromatic carbocycles. The van der Waals surface area contributed by atoms with Gasteiger partial charge in [0.2, 0.25) is 0 Å². The standard InChI is InChI=1S/C33H36N8S/c1-21-3-10-33(42-30-16-25(4-9-29(21)30)26-13-24(17-34)18-36-19-26)40-32-15-23(20-41-12-11-37-22(41)2)14-31(39-32)38-28-7-5-27(35)6-8-28/h4,9,11-16,18-19,21,27-28H,3,5-8,10,20,35H2,1-2H3,(H,38,39). The first kappa shape index (κ1) is 28.1. The third-order valence-corrected chi connectivity index (χ3v) is 9.38. The summed E-state index contributed by atoms with van der Waals surface area (Å²) in [5.41, 5.74) is 11.2. The Morgan fingerprint density at radius 1 is 1.10 bits per heavy atom. The van der Waals surface area contributed by atoms with Gasteiger partial charge in [-0.3, -0.25) is 4.98 Å². The number of nitrogens with zero attached hydrogens (tertiary/aromatic N) is 6. The first-order chi connectivity index (χ1) is 20.4. The summed E-state index contributed by atoms with van der Waals surface area (Å²) < 4.78 is 2.14. The van der Waals surface area contributed by atoms with Gasteiger partial charge in [0.1, 0.15) is 17.7 Å². The number of aromatic nitrogens is 4. The van der Waals surface area contributed by atoms with Gasteiger partial charge in [0.15, 0.2) is 5.82 Å². The zero-order valence-corrected chi connectivity index (χ0v) is 24.9. The lowest BCUT2D eigenvalue weighted by molar-refractivity contribution is 0.410. The van der Waals surface area contributed by atoms with Gasteiger partial charge < -0.3 is 15.6 Å². The second-order valence-electron chi connectivity index (χ2n) is 11.5. The Kier molecular flexibility index (Phi) is 8.36. The number of nitrogens with two attached hydrogens (primary N) is 1. The molecule has 8 nitrogen and oxygen atoms in total. The van der Waals surface area contributed by atoms with E-state index < -0.39 is 0 Å². The second kappa shape index (κ2) is 12.5. The number of fused-ring (bicyclic) bond motifs is 1. The second-order valence-corrected chi connectivity index (χ2v) is 12.6. The Labute approximate surface area is 251 Å². The van der Waals surface area contributed by atoms with Crippen LogP contribution >= 0.6 is 11.8 Å². The lowest BCUT2D eigenvalue weighted by Gasteiger charge is -2.27. The van der Waals surface area contributed by atoms with Crippen LogP contribution in [0.15, 0.2) is 71.1 Å². The van der Waals surface area contributed by atoms with Crippen molar-refractivity contribution in [1.29, 1.82) is 5.26 Å². The minimum absolute atomic E-state index is 0.304. The number of imidazole rings is 1. The molecule has 4 aromatic rings. The summed E-state index contributed by atoms with van der Waals surface area (Å²) in [6.07, 6.45) is 13.3. The van der Waals surface area contributed by atoms with Crippen LogP contribution in [0.25, 0.3) is 11.1 Å². The van der Waals surface area contributed by atoms with E-state index in [9.17, 15) is 5.26 Å². The minimum atomic E-state index is 0.304. The van der Waals surface area contributed by atoms with Crippen LogP contribution in [-0.4, -0.2) is 36.6 Å². The number of thioether (sulfide) groups is 1. The third-order valence-electron chi connectivity index (χ3n) is 8.28. The Hall–Kier alpha value is -4.00. The number of hydrogen-bond donors (Lipinski definition) is 2. The van der Waals surface area contributed by atoms with Crippen molar-refractivity contribution in [2.24, 2.45) is 10.7 Å². The third kappa shape index (κ3) is 6.56. The van der Waals surface area contributed by atoms with Gasteiger partial charge in [-0.2, -0.15) is 5.26 Å². The quantitative estimate of drug-likeness (QED) is 0.254. The molecule has 0 amide bonds. The van der Waals surface area contributed by atoms with Crippen molar-refractivity contribution in [3.63, 3.8) is 0 Å². The topological polar surface area (TPSA) is 118 Å². The average Bonchev–Trinajstić information content (AvgIpc) is 3.33. The summed E-state index contributed by atoms with van der Waals surface area (Å²) >= 11 is 1.73. The van der Waals surface area contributed by atoms with Crippen molar-refractivity contribution in [3.8, 4) is 17.2 Å². The highest BCUT2D eigenvalue weighted by Crippen LogP contribution is 2.40. The highest BCUT2D eigenvalue weighted by molar-refractivity contribution is 8.14. The van der Waals surface area contributed by atoms with Gasteiger partial charge >= 0.3 is 0 Å². The molecule has 1 saturated carbocycles. The van der Waals surface area contributed by atoms with E-state index in [1.54, 1.807) is 18.0 Å². The fourth-order valence-corrected chi connectivity index (χ4v) is 6.97. The van der Waals surface area contributed by atoms with E-state index in [4.69, 9.17) is 15.7 Å². The first-order valence-corrected chi connectivity index (χ1v) is 15.5. The molecule has 0 spiro atoms. The maximum absolute atomic E-state index is 9.34. The largest absolute Gasteiger partial charge is 0.367 e. The maximum atomic E-state index is 9.34. The van der Waals surface area contributed by atoms with Gasteiger partial charge in [-0.1, -0.05) is 30.8 Å². The molecule has 0 bridgehead atoms. The molecule has 2 aliphatic rings. The van der Waals surface area contributed by atoms with E-state index in [1.165, 1.54) is 10.5 Å². The lowest BCUT2D eigenvalue weighted by atomic mass is 9.92. The first-order valence-electron chi connectivity index (χ1n) is 14.7. The van der Waals surface area contributed by atoms with Gasteiger partial charge in [0, 0.05) is 53.9 Å². The number of pyridine rings is 2. The molecule has 1 fully saturated rings. The summed E-state index contributed by atoms with van der Waals surface area (Å²) in [5, 5.41) is 14.1. The number of anilines is 1. The average molecular weight is 577 g/mol. The molecule has 4 heterocycles. The molecule has 3 N–H and O–H groups in total. The van der Waals surface area contributed by atoms with Crippen LogP contribution in [-0.2, 0) is 6.54 Å². The number of aryl methyl sites for hydroxylation is 1. The number of hydrogen-bond acceptors (Lipinski definition) is 8. The van der Waals surface area contributed by atoms with Crippen molar-refractivity contribution in [2.45, 2.75) is 81.8 Å². The Morgan fingerprint density at radius 2 is 1.95 bits per heavy atom. The molecule has 0 radical (unpaired) electrons. The zero-order chi connectivity index (χ0) is 29.1. The predicted molar refractivity (Wildman–Crippen MR) is 169 cm³/mol. The molecule has 42 heavy (non-hydrogen) atoms. The molecular weight excluding hydrogens is 540 g/mol. The molecule has 0 saturated heterocycles. The Bertz CT molecular complexity index is 1640. The van der Waals surface area contributed by atoms with Crippen molar-refractivity contribution in [1.82, 2.24) is 19.5 Å². The fourth-order valence-electron chi connectivity index (χ4n) is 5.78. The molecule has 214 valence electrons. The van der Waals surface area contributed by atoms with Crippen LogP contribution in [0, 0.1) is 18.3 Å². The van der Waals surface area contributed by atoms with Gasteiger partial charge in [-0.15, -0.1) is 0 Å². The number of nitriles is 1. The normalized spacial score (nSPS) is 21.4. The summed E-state index contributed by atoms with van der Waals surface area (Å²) in [6, 6.07) is 15.6. The highest BCUT2D eigenvalue weighted by Gasteiger charge is 2.22. The number of benzene rings is 1. The van der Waals surface area contributed by atoms with E-state index in [0.29, 0.717) is 30.1 Å². The SMILES string of the molecule is Cc1nccn1Cc1cc(N=C2CCC(C)c3ccc(-c4cncc(C#N)c4)cc3S2)nc(NC2CCC(N)CC2)c1. The summed E-state index contributed by atoms with van der Waals surface area (Å²) in [5.74, 6) is 2.98. The fraction of sp³-hybridized carbons (Fsp3) is 0.364. The van der Waals surface area contributed by atoms with E-state index in [1.807, 2.05) is 31.6 Å². The molecule has 1 atom stereocenters. The van der Waals surface area contributed by atoms with Crippen LogP contribution < -0.4 is 11.1 Å². The van der Waals surface area contributed by atoms with E-state index in [0.717, 1.165) is 77.7 Å². The number of rotatable bonds is 6. The van der Waals surface area contributed by atoms with Crippen LogP contribution in [0.5, 0.6) is 0 Å². The number of aliphatic imine (C=N–C) groups is 1. The maximum Gasteiger partial charge on any atom is 0.155 e. The molecule has 1 aliphatic heterocycles. The molecule has 3 aromatic heterocycles. The van der Waals surface area contributed by atoms with Crippen molar-refractivity contribution in [3.05, 3.63) is 83.7 Å². The summed E-state index contributed by atoms with van der Waals surface area (Å²) in [6.45, 7) is 5.02. The summed E-state index contributed by atoms with van der Waals surface area (Å²) in [7, 11) is 0. The lowest BCUT2D eigenvalue weighted by Crippen LogP contribution is -2.33. The molecule has 1 unspecified atom stereocenters. The van der Waals surface area contributed by atoms with E-state index in [2.05, 4.69) is 63.2 Å². The highest BCUT2D eigenvalue weighted by atomic mass is 32.2. The van der Waals surface area contributed by atoms with Gasteiger partial charge in [0.25, 0.3) is 0 Å². The molecule has 9 heteroatoms. The van der Waals surface area contributed by atoms with Crippen molar-refractivity contribution < 1.29 is 0 Å². The van der Waals surface area contributed by atoms with Crippen LogP contribution in [0.2, 0.25) is 0 Å². The number of nitrogens with one attached hydrogen (secondary N) is 1. The van der Waals surface area contributed by atoms with Crippen LogP contribution in [0.3, 0.4) is 0 Å². The smallest absolute Gasteiger partial charge is 0.155 e. The molecular formula is C33H36N8S. The zero-order valence-electron chi connectivity index (χ0n) is 24.1. The predicted octanol–water partition coefficient (Wildman–Crippen LogP) is 6.97. The molecule has 6 rings (SSSR count). The van der Waals surface area contributed by atoms with Gasteiger partial charge in [-0.25, -0.2) is 15.0 Å². The van der Waals surface area contributed by atoms with Gasteiger partial charge in [-0.05, 0) is 92.3 Å². The van der Waals surface area contributed by atoms with Crippen LogP contribution in [0.4, 0.5) is 11.6 Å². The van der Waals surface area contributed by atoms with Crippen LogP contribution in [0.1, 0.15) is 73.9 Å². The monoisotopic (exact) mass is 576 g/mol. The Morgan fingerprint density at radius 3 is 2.74 bits per heavy atom. The van der Waals surface area contributed by atoms with E-state index >= 15 is 0 Å². The van der Waals surface area contributed by atoms with Crippen molar-refractivity contribution >= 4 is 28.4 Å².